The van der Waals surface area contributed by atoms with Crippen LogP contribution in [0.1, 0.15) is 38.6 Å². The topological polar surface area (TPSA) is 108 Å². The molecule has 2 unspecified atom stereocenters. The minimum atomic E-state index is -0.653. The average Bonchev–Trinajstić information content (AvgIpc) is 3.34. The summed E-state index contributed by atoms with van der Waals surface area (Å²) < 4.78 is 4.66. The summed E-state index contributed by atoms with van der Waals surface area (Å²) in [5.41, 5.74) is 1.72. The van der Waals surface area contributed by atoms with Crippen molar-refractivity contribution in [2.24, 2.45) is 5.92 Å². The molecule has 8 heteroatoms. The first-order valence-corrected chi connectivity index (χ1v) is 9.40. The Morgan fingerprint density at radius 1 is 1.32 bits per heavy atom. The van der Waals surface area contributed by atoms with Gasteiger partial charge in [0.05, 0.1) is 25.0 Å². The number of amides is 2. The number of aromatic amines is 1. The van der Waals surface area contributed by atoms with Crippen LogP contribution < -0.4 is 5.32 Å². The monoisotopic (exact) mass is 386 g/mol. The zero-order chi connectivity index (χ0) is 20.3. The summed E-state index contributed by atoms with van der Waals surface area (Å²) in [6.45, 7) is 4.39. The third kappa shape index (κ3) is 4.11. The second kappa shape index (κ2) is 8.33. The third-order valence-corrected chi connectivity index (χ3v) is 5.02. The van der Waals surface area contributed by atoms with Gasteiger partial charge in [0.25, 0.3) is 0 Å². The third-order valence-electron chi connectivity index (χ3n) is 5.02. The van der Waals surface area contributed by atoms with Crippen molar-refractivity contribution in [2.75, 3.05) is 13.7 Å². The number of rotatable bonds is 5. The largest absolute Gasteiger partial charge is 0.508 e. The van der Waals surface area contributed by atoms with Crippen LogP contribution in [0.15, 0.2) is 30.5 Å². The Balaban J connectivity index is 1.79. The van der Waals surface area contributed by atoms with Gasteiger partial charge in [0.2, 0.25) is 5.91 Å². The minimum Gasteiger partial charge on any atom is -0.508 e. The van der Waals surface area contributed by atoms with Crippen molar-refractivity contribution < 1.29 is 19.4 Å². The maximum Gasteiger partial charge on any atom is 0.407 e. The van der Waals surface area contributed by atoms with Gasteiger partial charge in [-0.1, -0.05) is 13.8 Å². The predicted molar refractivity (Wildman–Crippen MR) is 104 cm³/mol. The minimum absolute atomic E-state index is 0.0722. The fraction of sp³-hybridized carbons (Fsp3) is 0.450. The zero-order valence-electron chi connectivity index (χ0n) is 16.3. The van der Waals surface area contributed by atoms with E-state index in [0.29, 0.717) is 6.54 Å². The quantitative estimate of drug-likeness (QED) is 0.732. The number of alkyl carbamates (subject to hydrolysis) is 1. The summed E-state index contributed by atoms with van der Waals surface area (Å²) in [7, 11) is 1.28. The molecule has 28 heavy (non-hydrogen) atoms. The van der Waals surface area contributed by atoms with Crippen LogP contribution in [0.3, 0.4) is 0 Å². The molecule has 3 N–H and O–H groups in total. The smallest absolute Gasteiger partial charge is 0.407 e. The average molecular weight is 386 g/mol. The molecule has 0 spiro atoms. The van der Waals surface area contributed by atoms with E-state index in [1.165, 1.54) is 7.11 Å². The number of imidazole rings is 1. The Morgan fingerprint density at radius 2 is 2.04 bits per heavy atom. The number of nitrogens with one attached hydrogen (secondary N) is 2. The number of hydrogen-bond donors (Lipinski definition) is 3. The molecule has 1 aliphatic rings. The van der Waals surface area contributed by atoms with Crippen molar-refractivity contribution in [2.45, 2.75) is 38.8 Å². The first-order chi connectivity index (χ1) is 13.4. The van der Waals surface area contributed by atoms with Gasteiger partial charge in [-0.15, -0.1) is 0 Å². The van der Waals surface area contributed by atoms with E-state index in [1.54, 1.807) is 35.4 Å². The molecule has 1 saturated heterocycles. The van der Waals surface area contributed by atoms with E-state index < -0.39 is 12.1 Å². The molecule has 0 radical (unpaired) electrons. The molecule has 2 aromatic rings. The van der Waals surface area contributed by atoms with E-state index in [0.717, 1.165) is 29.9 Å². The number of benzene rings is 1. The lowest BCUT2D eigenvalue weighted by molar-refractivity contribution is -0.135. The Morgan fingerprint density at radius 3 is 2.68 bits per heavy atom. The van der Waals surface area contributed by atoms with Gasteiger partial charge in [0, 0.05) is 6.54 Å². The van der Waals surface area contributed by atoms with Crippen molar-refractivity contribution in [1.82, 2.24) is 20.2 Å². The number of methoxy groups -OCH3 is 1. The van der Waals surface area contributed by atoms with Crippen molar-refractivity contribution >= 4 is 12.0 Å². The van der Waals surface area contributed by atoms with E-state index in [4.69, 9.17) is 0 Å². The second-order valence-corrected chi connectivity index (χ2v) is 7.28. The molecule has 1 aromatic carbocycles. The van der Waals surface area contributed by atoms with E-state index >= 15 is 0 Å². The molecule has 1 aliphatic heterocycles. The van der Waals surface area contributed by atoms with Gasteiger partial charge in [-0.3, -0.25) is 4.79 Å². The maximum atomic E-state index is 13.1. The number of aromatic hydroxyl groups is 1. The molecule has 2 atom stereocenters. The molecule has 0 aliphatic carbocycles. The molecule has 1 fully saturated rings. The highest BCUT2D eigenvalue weighted by Gasteiger charge is 2.37. The van der Waals surface area contributed by atoms with Crippen LogP contribution in [0.4, 0.5) is 4.79 Å². The first kappa shape index (κ1) is 19.7. The van der Waals surface area contributed by atoms with Crippen LogP contribution in [0.5, 0.6) is 5.75 Å². The van der Waals surface area contributed by atoms with Crippen LogP contribution in [-0.2, 0) is 9.53 Å². The van der Waals surface area contributed by atoms with Gasteiger partial charge < -0.3 is 25.0 Å². The maximum absolute atomic E-state index is 13.1. The molecule has 0 bridgehead atoms. The number of H-pyrrole nitrogens is 1. The van der Waals surface area contributed by atoms with Gasteiger partial charge in [0.15, 0.2) is 0 Å². The number of phenols is 1. The van der Waals surface area contributed by atoms with E-state index in [9.17, 15) is 14.7 Å². The summed E-state index contributed by atoms with van der Waals surface area (Å²) in [6.07, 6.45) is 2.79. The normalized spacial score (nSPS) is 17.6. The number of aromatic nitrogens is 2. The predicted octanol–water partition coefficient (Wildman–Crippen LogP) is 2.83. The molecule has 1 aromatic heterocycles. The number of phenolic OH excluding ortho intramolecular Hbond substituents is 1. The van der Waals surface area contributed by atoms with E-state index in [2.05, 4.69) is 20.0 Å². The van der Waals surface area contributed by atoms with Gasteiger partial charge in [0.1, 0.15) is 17.6 Å². The van der Waals surface area contributed by atoms with Crippen LogP contribution in [0.2, 0.25) is 0 Å². The molecule has 2 heterocycles. The molecule has 0 saturated carbocycles. The summed E-state index contributed by atoms with van der Waals surface area (Å²) in [6, 6.07) is 6.02. The number of hydrogen-bond acceptors (Lipinski definition) is 5. The van der Waals surface area contributed by atoms with Crippen molar-refractivity contribution in [3.63, 3.8) is 0 Å². The number of ether oxygens (including phenoxy) is 1. The fourth-order valence-corrected chi connectivity index (χ4v) is 3.49. The van der Waals surface area contributed by atoms with E-state index in [-0.39, 0.29) is 23.6 Å². The zero-order valence-corrected chi connectivity index (χ0v) is 16.3. The summed E-state index contributed by atoms with van der Waals surface area (Å²) in [5, 5.41) is 12.1. The van der Waals surface area contributed by atoms with Gasteiger partial charge in [-0.05, 0) is 48.6 Å². The SMILES string of the molecule is COC(=O)NC(C(=O)N1CCCC1c1ncc(-c2ccc(O)cc2)[nH]1)C(C)C. The summed E-state index contributed by atoms with van der Waals surface area (Å²) >= 11 is 0. The molecule has 150 valence electrons. The van der Waals surface area contributed by atoms with Crippen molar-refractivity contribution in [1.29, 1.82) is 0 Å². The van der Waals surface area contributed by atoms with Crippen LogP contribution in [0, 0.1) is 5.92 Å². The molecule has 3 rings (SSSR count). The first-order valence-electron chi connectivity index (χ1n) is 9.40. The highest BCUT2D eigenvalue weighted by Crippen LogP contribution is 2.32. The molecular weight excluding hydrogens is 360 g/mol. The molecule has 2 amide bonds. The fourth-order valence-electron chi connectivity index (χ4n) is 3.49. The van der Waals surface area contributed by atoms with Gasteiger partial charge >= 0.3 is 6.09 Å². The van der Waals surface area contributed by atoms with Crippen LogP contribution >= 0.6 is 0 Å². The summed E-state index contributed by atoms with van der Waals surface area (Å²) in [4.78, 5) is 34.3. The highest BCUT2D eigenvalue weighted by atomic mass is 16.5. The Bertz CT molecular complexity index is 831. The lowest BCUT2D eigenvalue weighted by Crippen LogP contribution is -2.51. The van der Waals surface area contributed by atoms with Crippen LogP contribution in [0.25, 0.3) is 11.3 Å². The van der Waals surface area contributed by atoms with Gasteiger partial charge in [-0.25, -0.2) is 9.78 Å². The number of nitrogens with zero attached hydrogens (tertiary/aromatic N) is 2. The number of likely N-dealkylation sites (tertiary alicyclic amines) is 1. The number of carbonyl (C=O) groups excluding carboxylic acids is 2. The van der Waals surface area contributed by atoms with Crippen molar-refractivity contribution in [3.05, 3.63) is 36.3 Å². The highest BCUT2D eigenvalue weighted by molar-refractivity contribution is 5.86. The lowest BCUT2D eigenvalue weighted by atomic mass is 10.0. The summed E-state index contributed by atoms with van der Waals surface area (Å²) in [5.74, 6) is 0.714. The Kier molecular flexibility index (Phi) is 5.87. The number of carbonyl (C=O) groups is 2. The lowest BCUT2D eigenvalue weighted by Gasteiger charge is -2.30. The van der Waals surface area contributed by atoms with Crippen LogP contribution in [-0.4, -0.2) is 51.7 Å². The van der Waals surface area contributed by atoms with Crippen molar-refractivity contribution in [3.8, 4) is 17.0 Å². The molecule has 8 nitrogen and oxygen atoms in total. The molecular formula is C20H26N4O4. The Hall–Kier alpha value is -3.03. The van der Waals surface area contributed by atoms with E-state index in [1.807, 2.05) is 13.8 Å². The second-order valence-electron chi connectivity index (χ2n) is 7.28. The standard InChI is InChI=1S/C20H26N4O4/c1-12(2)17(23-20(27)28-3)19(26)24-10-4-5-16(24)18-21-11-15(22-18)13-6-8-14(25)9-7-13/h6-9,11-12,16-17,25H,4-5,10H2,1-3H3,(H,21,22)(H,23,27). The van der Waals surface area contributed by atoms with Gasteiger partial charge in [-0.2, -0.15) is 0 Å². The Labute approximate surface area is 163 Å².